The van der Waals surface area contributed by atoms with Gasteiger partial charge >= 0.3 is 0 Å². The first-order valence-corrected chi connectivity index (χ1v) is 13.5. The number of rotatable bonds is 7. The first-order valence-electron chi connectivity index (χ1n) is 10.9. The zero-order chi connectivity index (χ0) is 23.6. The molecule has 1 aliphatic heterocycles. The van der Waals surface area contributed by atoms with Gasteiger partial charge in [-0.3, -0.25) is 9.69 Å². The molecule has 7 nitrogen and oxygen atoms in total. The predicted molar refractivity (Wildman–Crippen MR) is 141 cm³/mol. The highest BCUT2D eigenvalue weighted by atomic mass is 35.5. The number of thiazole rings is 1. The van der Waals surface area contributed by atoms with Gasteiger partial charge in [-0.15, -0.1) is 12.4 Å². The fraction of sp³-hybridized carbons (Fsp3) is 0.391. The number of nitrogens with zero attached hydrogens (tertiary/aromatic N) is 4. The van der Waals surface area contributed by atoms with Crippen LogP contribution in [0.5, 0.6) is 0 Å². The lowest BCUT2D eigenvalue weighted by Crippen LogP contribution is -2.37. The van der Waals surface area contributed by atoms with Crippen LogP contribution in [-0.2, 0) is 10.0 Å². The maximum atomic E-state index is 13.5. The number of carbonyl (C=O) groups excluding carboxylic acids is 1. The minimum Gasteiger partial charge on any atom is -0.308 e. The molecular weight excluding hydrogens is 515 g/mol. The molecule has 0 N–H and O–H groups in total. The minimum absolute atomic E-state index is 0. The van der Waals surface area contributed by atoms with Gasteiger partial charge in [0.05, 0.1) is 15.1 Å². The van der Waals surface area contributed by atoms with Crippen molar-refractivity contribution >= 4 is 66.6 Å². The van der Waals surface area contributed by atoms with Gasteiger partial charge in [-0.25, -0.2) is 13.4 Å². The van der Waals surface area contributed by atoms with Crippen molar-refractivity contribution in [2.24, 2.45) is 0 Å². The SMILES string of the molecule is CN(C)CCN(C(=O)c1ccc(S(=O)(=O)N2CCCCC2)cc1)c1nc2ccc(Cl)cc2s1.Cl. The van der Waals surface area contributed by atoms with E-state index < -0.39 is 10.0 Å². The lowest BCUT2D eigenvalue weighted by atomic mass is 10.2. The van der Waals surface area contributed by atoms with E-state index in [1.807, 2.05) is 31.1 Å². The number of halogens is 2. The van der Waals surface area contributed by atoms with Gasteiger partial charge in [0.1, 0.15) is 0 Å². The second-order valence-electron chi connectivity index (χ2n) is 8.36. The van der Waals surface area contributed by atoms with E-state index in [1.54, 1.807) is 23.1 Å². The number of fused-ring (bicyclic) bond motifs is 1. The summed E-state index contributed by atoms with van der Waals surface area (Å²) >= 11 is 7.52. The maximum Gasteiger partial charge on any atom is 0.260 e. The van der Waals surface area contributed by atoms with Gasteiger partial charge in [0.25, 0.3) is 5.91 Å². The van der Waals surface area contributed by atoms with E-state index in [1.165, 1.54) is 27.8 Å². The number of carbonyl (C=O) groups is 1. The molecule has 1 aromatic heterocycles. The van der Waals surface area contributed by atoms with Crippen LogP contribution >= 0.6 is 35.3 Å². The van der Waals surface area contributed by atoms with Crippen LogP contribution in [0.2, 0.25) is 5.02 Å². The molecule has 3 aromatic rings. The summed E-state index contributed by atoms with van der Waals surface area (Å²) in [7, 11) is 0.350. The Balaban J connectivity index is 0.00000324. The topological polar surface area (TPSA) is 73.8 Å². The van der Waals surface area contributed by atoms with Crippen LogP contribution in [-0.4, -0.2) is 68.8 Å². The first-order chi connectivity index (χ1) is 15.8. The Morgan fingerprint density at radius 3 is 2.38 bits per heavy atom. The number of anilines is 1. The molecule has 0 saturated carbocycles. The van der Waals surface area contributed by atoms with Crippen molar-refractivity contribution in [3.63, 3.8) is 0 Å². The van der Waals surface area contributed by atoms with Crippen molar-refractivity contribution in [1.82, 2.24) is 14.2 Å². The number of piperidine rings is 1. The van der Waals surface area contributed by atoms with E-state index in [0.717, 1.165) is 29.5 Å². The van der Waals surface area contributed by atoms with E-state index >= 15 is 0 Å². The number of benzene rings is 2. The lowest BCUT2D eigenvalue weighted by Gasteiger charge is -2.26. The number of likely N-dealkylation sites (N-methyl/N-ethyl adjacent to an activating group) is 1. The highest BCUT2D eigenvalue weighted by molar-refractivity contribution is 7.89. The Morgan fingerprint density at radius 2 is 1.74 bits per heavy atom. The first kappa shape index (κ1) is 26.8. The standard InChI is InChI=1S/C23H27ClN4O3S2.ClH/c1-26(2)14-15-28(23-25-20-11-8-18(24)16-21(20)32-23)22(29)17-6-9-19(10-7-17)33(30,31)27-12-4-3-5-13-27;/h6-11,16H,3-5,12-15H2,1-2H3;1H. The van der Waals surface area contributed by atoms with Gasteiger partial charge in [-0.1, -0.05) is 29.4 Å². The molecule has 34 heavy (non-hydrogen) atoms. The second-order valence-corrected chi connectivity index (χ2v) is 11.7. The zero-order valence-corrected chi connectivity index (χ0v) is 22.3. The third-order valence-corrected chi connectivity index (χ3v) is 8.83. The van der Waals surface area contributed by atoms with Crippen LogP contribution in [0, 0.1) is 0 Å². The number of aromatic nitrogens is 1. The fourth-order valence-electron chi connectivity index (χ4n) is 3.77. The molecule has 2 aromatic carbocycles. The summed E-state index contributed by atoms with van der Waals surface area (Å²) in [6, 6.07) is 11.7. The van der Waals surface area contributed by atoms with E-state index in [9.17, 15) is 13.2 Å². The van der Waals surface area contributed by atoms with Crippen molar-refractivity contribution in [1.29, 1.82) is 0 Å². The van der Waals surface area contributed by atoms with Crippen molar-refractivity contribution in [3.8, 4) is 0 Å². The van der Waals surface area contributed by atoms with Crippen LogP contribution in [0.1, 0.15) is 29.6 Å². The largest absolute Gasteiger partial charge is 0.308 e. The summed E-state index contributed by atoms with van der Waals surface area (Å²) in [5, 5.41) is 1.21. The summed E-state index contributed by atoms with van der Waals surface area (Å²) in [5.74, 6) is -0.219. The molecule has 0 unspecified atom stereocenters. The van der Waals surface area contributed by atoms with Crippen molar-refractivity contribution in [2.75, 3.05) is 45.2 Å². The second kappa shape index (κ2) is 11.3. The highest BCUT2D eigenvalue weighted by Gasteiger charge is 2.27. The van der Waals surface area contributed by atoms with E-state index in [-0.39, 0.29) is 23.2 Å². The molecule has 1 amide bonds. The summed E-state index contributed by atoms with van der Waals surface area (Å²) in [5.41, 5.74) is 1.20. The molecule has 0 bridgehead atoms. The summed E-state index contributed by atoms with van der Waals surface area (Å²) in [4.78, 5) is 22.0. The monoisotopic (exact) mass is 542 g/mol. The number of sulfonamides is 1. The molecule has 1 aliphatic rings. The number of hydrogen-bond acceptors (Lipinski definition) is 6. The van der Waals surface area contributed by atoms with E-state index in [4.69, 9.17) is 11.6 Å². The van der Waals surface area contributed by atoms with Crippen LogP contribution in [0.4, 0.5) is 5.13 Å². The van der Waals surface area contributed by atoms with Crippen LogP contribution in [0.15, 0.2) is 47.4 Å². The Morgan fingerprint density at radius 1 is 1.06 bits per heavy atom. The Kier molecular flexibility index (Phi) is 8.94. The third kappa shape index (κ3) is 5.90. The Bertz CT molecular complexity index is 1240. The van der Waals surface area contributed by atoms with E-state index in [2.05, 4.69) is 4.98 Å². The van der Waals surface area contributed by atoms with Gasteiger partial charge in [0, 0.05) is 36.8 Å². The van der Waals surface area contributed by atoms with Gasteiger partial charge in [0.2, 0.25) is 10.0 Å². The third-order valence-electron chi connectivity index (χ3n) is 5.64. The molecule has 0 spiro atoms. The lowest BCUT2D eigenvalue weighted by molar-refractivity contribution is 0.0985. The molecule has 1 fully saturated rings. The summed E-state index contributed by atoms with van der Waals surface area (Å²) < 4.78 is 28.3. The smallest absolute Gasteiger partial charge is 0.260 e. The molecule has 11 heteroatoms. The molecule has 2 heterocycles. The fourth-order valence-corrected chi connectivity index (χ4v) is 6.55. The van der Waals surface area contributed by atoms with Gasteiger partial charge in [0.15, 0.2) is 5.13 Å². The van der Waals surface area contributed by atoms with Gasteiger partial charge < -0.3 is 4.90 Å². The molecule has 0 radical (unpaired) electrons. The van der Waals surface area contributed by atoms with Crippen LogP contribution < -0.4 is 4.90 Å². The van der Waals surface area contributed by atoms with Crippen LogP contribution in [0.25, 0.3) is 10.2 Å². The quantitative estimate of drug-likeness (QED) is 0.430. The molecule has 4 rings (SSSR count). The summed E-state index contributed by atoms with van der Waals surface area (Å²) in [6.45, 7) is 2.20. The molecule has 1 saturated heterocycles. The summed E-state index contributed by atoms with van der Waals surface area (Å²) in [6.07, 6.45) is 2.81. The molecule has 0 aliphatic carbocycles. The Hall–Kier alpha value is -1.75. The normalized spacial score (nSPS) is 14.8. The van der Waals surface area contributed by atoms with Crippen molar-refractivity contribution in [2.45, 2.75) is 24.2 Å². The highest BCUT2D eigenvalue weighted by Crippen LogP contribution is 2.31. The van der Waals surface area contributed by atoms with Gasteiger partial charge in [-0.05, 0) is 69.4 Å². The van der Waals surface area contributed by atoms with Crippen molar-refractivity contribution in [3.05, 3.63) is 53.1 Å². The molecule has 0 atom stereocenters. The zero-order valence-electron chi connectivity index (χ0n) is 19.1. The van der Waals surface area contributed by atoms with Gasteiger partial charge in [-0.2, -0.15) is 4.31 Å². The van der Waals surface area contributed by atoms with Crippen LogP contribution in [0.3, 0.4) is 0 Å². The Labute approximate surface area is 215 Å². The predicted octanol–water partition coefficient (Wildman–Crippen LogP) is 4.75. The molecular formula is C23H28Cl2N4O3S2. The van der Waals surface area contributed by atoms with Crippen molar-refractivity contribution < 1.29 is 13.2 Å². The maximum absolute atomic E-state index is 13.5. The number of amides is 1. The average molecular weight is 544 g/mol. The average Bonchev–Trinajstić information content (AvgIpc) is 3.22. The number of hydrogen-bond donors (Lipinski definition) is 0. The minimum atomic E-state index is -3.54. The molecule has 184 valence electrons. The van der Waals surface area contributed by atoms with E-state index in [0.29, 0.717) is 41.9 Å².